The van der Waals surface area contributed by atoms with Crippen molar-refractivity contribution in [3.63, 3.8) is 0 Å². The summed E-state index contributed by atoms with van der Waals surface area (Å²) in [6.07, 6.45) is 0.638. The summed E-state index contributed by atoms with van der Waals surface area (Å²) in [6.45, 7) is 1.31. The fourth-order valence-corrected chi connectivity index (χ4v) is 4.64. The van der Waals surface area contributed by atoms with Gasteiger partial charge in [0.05, 0.1) is 12.1 Å². The normalized spacial score (nSPS) is 18.2. The Kier molecular flexibility index (Phi) is 3.16. The van der Waals surface area contributed by atoms with Crippen LogP contribution in [0.3, 0.4) is 0 Å². The van der Waals surface area contributed by atoms with Crippen LogP contribution in [-0.4, -0.2) is 23.8 Å². The number of Topliss-reactive ketones (excluding diaryl/α,β-unsaturated/α-hetero) is 1. The van der Waals surface area contributed by atoms with Gasteiger partial charge in [0.2, 0.25) is 0 Å². The summed E-state index contributed by atoms with van der Waals surface area (Å²) in [4.78, 5) is 14.5. The van der Waals surface area contributed by atoms with Gasteiger partial charge in [-0.1, -0.05) is 78.9 Å². The monoisotopic (exact) mass is 325 g/mol. The quantitative estimate of drug-likeness (QED) is 0.702. The van der Waals surface area contributed by atoms with Crippen LogP contribution < -0.4 is 0 Å². The number of nitrogens with zero attached hydrogens (tertiary/aromatic N) is 1. The highest BCUT2D eigenvalue weighted by Gasteiger charge is 2.50. The molecule has 0 radical (unpaired) electrons. The molecule has 0 N–H and O–H groups in total. The number of hydrogen-bond donors (Lipinski definition) is 0. The molecule has 122 valence electrons. The lowest BCUT2D eigenvalue weighted by molar-refractivity contribution is -0.117. The van der Waals surface area contributed by atoms with E-state index in [1.54, 1.807) is 0 Å². The molecule has 1 aliphatic carbocycles. The van der Waals surface area contributed by atoms with Crippen molar-refractivity contribution in [3.05, 3.63) is 95.6 Å². The van der Waals surface area contributed by atoms with Crippen LogP contribution in [0.5, 0.6) is 0 Å². The van der Waals surface area contributed by atoms with Gasteiger partial charge in [0.1, 0.15) is 5.78 Å². The first-order valence-electron chi connectivity index (χ1n) is 8.83. The predicted octanol–water partition coefficient (Wildman–Crippen LogP) is 4.23. The summed E-state index contributed by atoms with van der Waals surface area (Å²) in [5.74, 6) is 0.331. The number of ketones is 1. The number of rotatable bonds is 2. The van der Waals surface area contributed by atoms with Crippen molar-refractivity contribution in [2.24, 2.45) is 0 Å². The molecule has 0 bridgehead atoms. The molecule has 2 aliphatic rings. The lowest BCUT2D eigenvalue weighted by atomic mass is 9.79. The van der Waals surface area contributed by atoms with E-state index >= 15 is 0 Å². The summed E-state index contributed by atoms with van der Waals surface area (Å²) in [7, 11) is 0. The van der Waals surface area contributed by atoms with Crippen LogP contribution in [0.15, 0.2) is 78.9 Å². The smallest absolute Gasteiger partial charge is 0.148 e. The maximum atomic E-state index is 12.2. The standard InChI is InChI=1S/C23H19NO/c25-18-14-15-24(16-18)23(17-8-2-1-3-9-17)21-12-6-4-10-19(21)20-11-5-7-13-22(20)23/h1-13H,14-16H2. The molecule has 1 saturated heterocycles. The molecule has 2 nitrogen and oxygen atoms in total. The highest BCUT2D eigenvalue weighted by atomic mass is 16.1. The van der Waals surface area contributed by atoms with Gasteiger partial charge < -0.3 is 0 Å². The van der Waals surface area contributed by atoms with Crippen molar-refractivity contribution >= 4 is 5.78 Å². The average Bonchev–Trinajstić information content (AvgIpc) is 3.23. The Morgan fingerprint density at radius 1 is 0.720 bits per heavy atom. The van der Waals surface area contributed by atoms with Crippen molar-refractivity contribution in [1.29, 1.82) is 0 Å². The minimum atomic E-state index is -0.374. The molecular formula is C23H19NO. The van der Waals surface area contributed by atoms with Crippen LogP contribution in [0, 0.1) is 0 Å². The van der Waals surface area contributed by atoms with Crippen LogP contribution >= 0.6 is 0 Å². The van der Waals surface area contributed by atoms with Crippen molar-refractivity contribution in [2.75, 3.05) is 13.1 Å². The molecule has 25 heavy (non-hydrogen) atoms. The van der Waals surface area contributed by atoms with Gasteiger partial charge in [0.25, 0.3) is 0 Å². The van der Waals surface area contributed by atoms with Gasteiger partial charge in [0.15, 0.2) is 0 Å². The van der Waals surface area contributed by atoms with E-state index in [1.165, 1.54) is 27.8 Å². The predicted molar refractivity (Wildman–Crippen MR) is 99.4 cm³/mol. The number of likely N-dealkylation sites (tertiary alicyclic amines) is 1. The molecule has 3 aromatic carbocycles. The van der Waals surface area contributed by atoms with Gasteiger partial charge in [-0.2, -0.15) is 0 Å². The maximum absolute atomic E-state index is 12.2. The molecule has 0 atom stereocenters. The first-order valence-corrected chi connectivity index (χ1v) is 8.83. The molecule has 5 rings (SSSR count). The van der Waals surface area contributed by atoms with Crippen LogP contribution in [0.4, 0.5) is 0 Å². The Morgan fingerprint density at radius 2 is 1.28 bits per heavy atom. The zero-order valence-corrected chi connectivity index (χ0v) is 14.0. The van der Waals surface area contributed by atoms with Gasteiger partial charge in [-0.25, -0.2) is 0 Å². The third-order valence-electron chi connectivity index (χ3n) is 5.62. The summed E-state index contributed by atoms with van der Waals surface area (Å²) < 4.78 is 0. The molecule has 0 saturated carbocycles. The molecule has 0 spiro atoms. The van der Waals surface area contributed by atoms with Crippen LogP contribution in [0.25, 0.3) is 11.1 Å². The second-order valence-electron chi connectivity index (χ2n) is 6.88. The Morgan fingerprint density at radius 3 is 1.84 bits per heavy atom. The van der Waals surface area contributed by atoms with Gasteiger partial charge in [-0.15, -0.1) is 0 Å². The van der Waals surface area contributed by atoms with Crippen molar-refractivity contribution in [2.45, 2.75) is 12.0 Å². The zero-order valence-electron chi connectivity index (χ0n) is 14.0. The SMILES string of the molecule is O=C1CCN(C2(c3ccccc3)c3ccccc3-c3ccccc32)C1. The third kappa shape index (κ3) is 1.92. The first-order chi connectivity index (χ1) is 12.3. The number of carbonyl (C=O) groups is 1. The number of benzene rings is 3. The molecule has 1 fully saturated rings. The van der Waals surface area contributed by atoms with E-state index in [2.05, 4.69) is 83.8 Å². The van der Waals surface area contributed by atoms with Crippen LogP contribution in [0.1, 0.15) is 23.1 Å². The fourth-order valence-electron chi connectivity index (χ4n) is 4.64. The molecule has 0 unspecified atom stereocenters. The van der Waals surface area contributed by atoms with Crippen LogP contribution in [0.2, 0.25) is 0 Å². The number of carbonyl (C=O) groups excluding carboxylic acids is 1. The van der Waals surface area contributed by atoms with Crippen molar-refractivity contribution in [3.8, 4) is 11.1 Å². The van der Waals surface area contributed by atoms with E-state index in [-0.39, 0.29) is 5.54 Å². The lowest BCUT2D eigenvalue weighted by Crippen LogP contribution is -2.45. The van der Waals surface area contributed by atoms with Crippen molar-refractivity contribution < 1.29 is 4.79 Å². The minimum absolute atomic E-state index is 0.331. The molecular weight excluding hydrogens is 306 g/mol. The Hall–Kier alpha value is -2.71. The van der Waals surface area contributed by atoms with Gasteiger partial charge >= 0.3 is 0 Å². The molecule has 1 heterocycles. The highest BCUT2D eigenvalue weighted by molar-refractivity contribution is 5.86. The summed E-state index contributed by atoms with van der Waals surface area (Å²) >= 11 is 0. The fraction of sp³-hybridized carbons (Fsp3) is 0.174. The number of fused-ring (bicyclic) bond motifs is 3. The first kappa shape index (κ1) is 14.6. The van der Waals surface area contributed by atoms with Gasteiger partial charge in [-0.3, -0.25) is 9.69 Å². The van der Waals surface area contributed by atoms with Gasteiger partial charge in [-0.05, 0) is 27.8 Å². The maximum Gasteiger partial charge on any atom is 0.148 e. The van der Waals surface area contributed by atoms with E-state index in [9.17, 15) is 4.79 Å². The van der Waals surface area contributed by atoms with Crippen molar-refractivity contribution in [1.82, 2.24) is 4.90 Å². The average molecular weight is 325 g/mol. The topological polar surface area (TPSA) is 20.3 Å². The van der Waals surface area contributed by atoms with E-state index in [4.69, 9.17) is 0 Å². The zero-order chi connectivity index (χ0) is 16.9. The second-order valence-corrected chi connectivity index (χ2v) is 6.88. The Bertz CT molecular complexity index is 915. The molecule has 0 aromatic heterocycles. The highest BCUT2D eigenvalue weighted by Crippen LogP contribution is 2.54. The van der Waals surface area contributed by atoms with Crippen LogP contribution in [-0.2, 0) is 10.3 Å². The second kappa shape index (κ2) is 5.40. The lowest BCUT2D eigenvalue weighted by Gasteiger charge is -2.41. The molecule has 1 aliphatic heterocycles. The van der Waals surface area contributed by atoms with E-state index in [1.807, 2.05) is 0 Å². The molecule has 2 heteroatoms. The minimum Gasteiger partial charge on any atom is -0.298 e. The summed E-state index contributed by atoms with van der Waals surface area (Å²) in [5, 5.41) is 0. The molecule has 0 amide bonds. The van der Waals surface area contributed by atoms with E-state index in [0.29, 0.717) is 18.7 Å². The molecule has 3 aromatic rings. The van der Waals surface area contributed by atoms with Gasteiger partial charge in [0, 0.05) is 13.0 Å². The van der Waals surface area contributed by atoms with E-state index in [0.717, 1.165) is 6.54 Å². The Labute approximate surface area is 147 Å². The third-order valence-corrected chi connectivity index (χ3v) is 5.62. The van der Waals surface area contributed by atoms with E-state index < -0.39 is 0 Å². The number of hydrogen-bond acceptors (Lipinski definition) is 2. The largest absolute Gasteiger partial charge is 0.298 e. The summed E-state index contributed by atoms with van der Waals surface area (Å²) in [5.41, 5.74) is 6.00. The Balaban J connectivity index is 1.89. The summed E-state index contributed by atoms with van der Waals surface area (Å²) in [6, 6.07) is 27.9.